The zero-order chi connectivity index (χ0) is 15.2. The van der Waals surface area contributed by atoms with Crippen molar-refractivity contribution in [3.63, 3.8) is 0 Å². The molecule has 1 N–H and O–H groups in total. The summed E-state index contributed by atoms with van der Waals surface area (Å²) < 4.78 is 0. The molecule has 0 bridgehead atoms. The van der Waals surface area contributed by atoms with Crippen molar-refractivity contribution in [2.24, 2.45) is 0 Å². The number of amides is 1. The van der Waals surface area contributed by atoms with Gasteiger partial charge in [0.05, 0.1) is 12.1 Å². The Morgan fingerprint density at radius 3 is 2.73 bits per heavy atom. The second kappa shape index (κ2) is 6.95. The zero-order valence-electron chi connectivity index (χ0n) is 11.9. The van der Waals surface area contributed by atoms with Crippen LogP contribution in [0.2, 0.25) is 0 Å². The summed E-state index contributed by atoms with van der Waals surface area (Å²) in [6.07, 6.45) is 5.67. The average Bonchev–Trinajstić information content (AvgIpc) is 3.07. The topological polar surface area (TPSA) is 54.9 Å². The van der Waals surface area contributed by atoms with Gasteiger partial charge in [-0.15, -0.1) is 0 Å². The smallest absolute Gasteiger partial charge is 0.224 e. The van der Waals surface area contributed by atoms with Gasteiger partial charge in [-0.2, -0.15) is 11.3 Å². The van der Waals surface area contributed by atoms with Gasteiger partial charge in [-0.25, -0.2) is 0 Å². The summed E-state index contributed by atoms with van der Waals surface area (Å²) in [5.74, 6) is 0.0284. The minimum Gasteiger partial charge on any atom is -0.352 e. The van der Waals surface area contributed by atoms with E-state index < -0.39 is 0 Å². The lowest BCUT2D eigenvalue weighted by molar-refractivity contribution is -0.120. The van der Waals surface area contributed by atoms with Crippen molar-refractivity contribution in [3.8, 4) is 11.3 Å². The summed E-state index contributed by atoms with van der Waals surface area (Å²) in [4.78, 5) is 20.3. The Balaban J connectivity index is 1.62. The van der Waals surface area contributed by atoms with Crippen LogP contribution in [0, 0.1) is 0 Å². The fourth-order valence-corrected chi connectivity index (χ4v) is 2.78. The van der Waals surface area contributed by atoms with Crippen molar-refractivity contribution in [1.82, 2.24) is 15.3 Å². The van der Waals surface area contributed by atoms with Gasteiger partial charge in [0.1, 0.15) is 0 Å². The van der Waals surface area contributed by atoms with Crippen molar-refractivity contribution < 1.29 is 4.79 Å². The van der Waals surface area contributed by atoms with Gasteiger partial charge in [-0.3, -0.25) is 14.8 Å². The summed E-state index contributed by atoms with van der Waals surface area (Å²) in [5.41, 5.74) is 3.98. The van der Waals surface area contributed by atoms with Gasteiger partial charge >= 0.3 is 0 Å². The van der Waals surface area contributed by atoms with E-state index in [4.69, 9.17) is 0 Å². The molecule has 0 fully saturated rings. The van der Waals surface area contributed by atoms with Crippen LogP contribution in [0.5, 0.6) is 0 Å². The predicted molar refractivity (Wildman–Crippen MR) is 87.3 cm³/mol. The van der Waals surface area contributed by atoms with Crippen molar-refractivity contribution in [2.45, 2.75) is 13.0 Å². The van der Waals surface area contributed by atoms with Crippen LogP contribution in [-0.2, 0) is 17.8 Å². The second-order valence-electron chi connectivity index (χ2n) is 4.87. The number of aromatic nitrogens is 2. The molecule has 0 unspecified atom stereocenters. The fraction of sp³-hybridized carbons (Fsp3) is 0.118. The van der Waals surface area contributed by atoms with Crippen molar-refractivity contribution in [2.75, 3.05) is 0 Å². The Hall–Kier alpha value is -2.53. The number of carbonyl (C=O) groups is 1. The van der Waals surface area contributed by atoms with Gasteiger partial charge in [-0.1, -0.05) is 0 Å². The molecule has 0 atom stereocenters. The Kier molecular flexibility index (Phi) is 4.56. The number of nitrogens with zero attached hydrogens (tertiary/aromatic N) is 2. The predicted octanol–water partition coefficient (Wildman–Crippen LogP) is 3.06. The molecule has 110 valence electrons. The summed E-state index contributed by atoms with van der Waals surface area (Å²) in [5, 5.41) is 6.91. The maximum atomic E-state index is 11.9. The van der Waals surface area contributed by atoms with E-state index in [9.17, 15) is 4.79 Å². The lowest BCUT2D eigenvalue weighted by atomic mass is 10.1. The highest BCUT2D eigenvalue weighted by Gasteiger charge is 2.05. The molecule has 5 heteroatoms. The van der Waals surface area contributed by atoms with Crippen LogP contribution in [0.15, 0.2) is 59.7 Å². The molecule has 0 saturated carbocycles. The molecule has 0 aliphatic rings. The number of rotatable bonds is 5. The van der Waals surface area contributed by atoms with Crippen LogP contribution in [0.1, 0.15) is 11.1 Å². The Morgan fingerprint density at radius 2 is 1.95 bits per heavy atom. The van der Waals surface area contributed by atoms with Gasteiger partial charge in [0, 0.05) is 30.7 Å². The van der Waals surface area contributed by atoms with Crippen LogP contribution >= 0.6 is 11.3 Å². The maximum Gasteiger partial charge on any atom is 0.224 e. The van der Waals surface area contributed by atoms with Crippen molar-refractivity contribution in [3.05, 3.63) is 70.8 Å². The van der Waals surface area contributed by atoms with Gasteiger partial charge in [0.2, 0.25) is 5.91 Å². The molecule has 22 heavy (non-hydrogen) atoms. The fourth-order valence-electron chi connectivity index (χ4n) is 2.11. The van der Waals surface area contributed by atoms with E-state index in [-0.39, 0.29) is 5.91 Å². The molecule has 3 heterocycles. The van der Waals surface area contributed by atoms with Crippen molar-refractivity contribution >= 4 is 17.2 Å². The maximum absolute atomic E-state index is 11.9. The van der Waals surface area contributed by atoms with E-state index in [0.29, 0.717) is 13.0 Å². The molecule has 0 aliphatic carbocycles. The largest absolute Gasteiger partial charge is 0.352 e. The molecule has 0 saturated heterocycles. The number of hydrogen-bond donors (Lipinski definition) is 1. The first-order chi connectivity index (χ1) is 10.8. The molecule has 0 spiro atoms. The quantitative estimate of drug-likeness (QED) is 0.788. The van der Waals surface area contributed by atoms with E-state index in [1.807, 2.05) is 41.1 Å². The lowest BCUT2D eigenvalue weighted by Gasteiger charge is -2.06. The van der Waals surface area contributed by atoms with Crippen LogP contribution in [-0.4, -0.2) is 15.9 Å². The van der Waals surface area contributed by atoms with Gasteiger partial charge < -0.3 is 5.32 Å². The standard InChI is InChI=1S/C17H15N3OS/c21-17(10-14-4-8-22-12-14)20-11-13-1-7-19-16(9-13)15-2-5-18-6-3-15/h1-9,12H,10-11H2,(H,20,21). The summed E-state index contributed by atoms with van der Waals surface area (Å²) in [6, 6.07) is 9.70. The lowest BCUT2D eigenvalue weighted by Crippen LogP contribution is -2.24. The molecule has 0 radical (unpaired) electrons. The van der Waals surface area contributed by atoms with Gasteiger partial charge in [0.25, 0.3) is 0 Å². The first-order valence-electron chi connectivity index (χ1n) is 6.94. The van der Waals surface area contributed by atoms with E-state index in [1.165, 1.54) is 0 Å². The van der Waals surface area contributed by atoms with Crippen LogP contribution in [0.25, 0.3) is 11.3 Å². The van der Waals surface area contributed by atoms with Crippen LogP contribution < -0.4 is 5.32 Å². The van der Waals surface area contributed by atoms with Gasteiger partial charge in [-0.05, 0) is 52.2 Å². The molecule has 3 aromatic rings. The Labute approximate surface area is 132 Å². The number of thiophene rings is 1. The summed E-state index contributed by atoms with van der Waals surface area (Å²) in [7, 11) is 0. The highest BCUT2D eigenvalue weighted by atomic mass is 32.1. The van der Waals surface area contributed by atoms with E-state index in [1.54, 1.807) is 29.9 Å². The molecule has 0 aliphatic heterocycles. The molecule has 4 nitrogen and oxygen atoms in total. The minimum absolute atomic E-state index is 0.0284. The highest BCUT2D eigenvalue weighted by molar-refractivity contribution is 7.07. The third-order valence-corrected chi connectivity index (χ3v) is 3.97. The summed E-state index contributed by atoms with van der Waals surface area (Å²) >= 11 is 1.60. The van der Waals surface area contributed by atoms with Gasteiger partial charge in [0.15, 0.2) is 0 Å². The monoisotopic (exact) mass is 309 g/mol. The number of carbonyl (C=O) groups excluding carboxylic acids is 1. The van der Waals surface area contributed by atoms with E-state index >= 15 is 0 Å². The number of nitrogens with one attached hydrogen (secondary N) is 1. The molecular formula is C17H15N3OS. The first-order valence-corrected chi connectivity index (χ1v) is 7.88. The minimum atomic E-state index is 0.0284. The second-order valence-corrected chi connectivity index (χ2v) is 5.65. The Bertz CT molecular complexity index is 742. The zero-order valence-corrected chi connectivity index (χ0v) is 12.7. The number of pyridine rings is 2. The van der Waals surface area contributed by atoms with Crippen molar-refractivity contribution in [1.29, 1.82) is 0 Å². The molecule has 3 aromatic heterocycles. The highest BCUT2D eigenvalue weighted by Crippen LogP contribution is 2.16. The van der Waals surface area contributed by atoms with Crippen LogP contribution in [0.3, 0.4) is 0 Å². The van der Waals surface area contributed by atoms with Crippen LogP contribution in [0.4, 0.5) is 0 Å². The SMILES string of the molecule is O=C(Cc1ccsc1)NCc1ccnc(-c2ccncc2)c1. The molecule has 1 amide bonds. The first kappa shape index (κ1) is 14.4. The third-order valence-electron chi connectivity index (χ3n) is 3.23. The number of hydrogen-bond acceptors (Lipinski definition) is 4. The third kappa shape index (κ3) is 3.77. The summed E-state index contributed by atoms with van der Waals surface area (Å²) in [6.45, 7) is 0.504. The van der Waals surface area contributed by atoms with E-state index in [0.717, 1.165) is 22.4 Å². The normalized spacial score (nSPS) is 10.4. The Morgan fingerprint density at radius 1 is 1.09 bits per heavy atom. The van der Waals surface area contributed by atoms with E-state index in [2.05, 4.69) is 15.3 Å². The average molecular weight is 309 g/mol. The molecular weight excluding hydrogens is 294 g/mol. The molecule has 0 aromatic carbocycles. The molecule has 3 rings (SSSR count).